The van der Waals surface area contributed by atoms with Gasteiger partial charge in [-0.05, 0) is 41.8 Å². The molecule has 11 heteroatoms. The van der Waals surface area contributed by atoms with Gasteiger partial charge in [0.1, 0.15) is 5.75 Å². The van der Waals surface area contributed by atoms with Crippen LogP contribution in [0.25, 0.3) is 0 Å². The molecule has 33 heavy (non-hydrogen) atoms. The van der Waals surface area contributed by atoms with Crippen LogP contribution in [-0.4, -0.2) is 38.9 Å². The van der Waals surface area contributed by atoms with Gasteiger partial charge in [-0.25, -0.2) is 9.78 Å². The van der Waals surface area contributed by atoms with Crippen LogP contribution in [0, 0.1) is 0 Å². The van der Waals surface area contributed by atoms with Crippen LogP contribution in [-0.2, 0) is 11.3 Å². The Morgan fingerprint density at radius 2 is 1.73 bits per heavy atom. The number of aliphatic hydroxyl groups is 1. The Labute approximate surface area is 192 Å². The fourth-order valence-electron chi connectivity index (χ4n) is 2.59. The summed E-state index contributed by atoms with van der Waals surface area (Å²) in [6.07, 6.45) is 0.313. The predicted octanol–water partition coefficient (Wildman–Crippen LogP) is 4.77. The smallest absolute Gasteiger partial charge is 0.475 e. The molecule has 3 rings (SSSR count). The lowest BCUT2D eigenvalue weighted by molar-refractivity contribution is -0.192. The number of aliphatic hydroxyl groups excluding tert-OH is 1. The number of ether oxygens (including phenoxy) is 1. The van der Waals surface area contributed by atoms with Gasteiger partial charge in [0.2, 0.25) is 5.88 Å². The van der Waals surface area contributed by atoms with Gasteiger partial charge in [-0.15, -0.1) is 0 Å². The fourth-order valence-corrected chi connectivity index (χ4v) is 2.71. The van der Waals surface area contributed by atoms with E-state index in [1.165, 1.54) is 0 Å². The van der Waals surface area contributed by atoms with Crippen molar-refractivity contribution in [2.45, 2.75) is 25.2 Å². The van der Waals surface area contributed by atoms with Crippen LogP contribution < -0.4 is 10.1 Å². The van der Waals surface area contributed by atoms with Crippen LogP contribution in [0.15, 0.2) is 67.1 Å². The molecule has 1 unspecified atom stereocenters. The maximum absolute atomic E-state index is 10.6. The summed E-state index contributed by atoms with van der Waals surface area (Å²) >= 11 is 5.95. The van der Waals surface area contributed by atoms with Crippen LogP contribution in [0.5, 0.6) is 11.6 Å². The average Bonchev–Trinajstić information content (AvgIpc) is 2.79. The van der Waals surface area contributed by atoms with Gasteiger partial charge in [0, 0.05) is 36.6 Å². The molecule has 1 aromatic heterocycles. The van der Waals surface area contributed by atoms with Gasteiger partial charge in [-0.1, -0.05) is 35.9 Å². The van der Waals surface area contributed by atoms with E-state index in [9.17, 15) is 18.3 Å². The Morgan fingerprint density at radius 3 is 2.24 bits per heavy atom. The molecule has 0 saturated carbocycles. The molecule has 176 valence electrons. The number of benzene rings is 2. The first-order valence-electron chi connectivity index (χ1n) is 9.61. The highest BCUT2D eigenvalue weighted by molar-refractivity contribution is 6.30. The first-order valence-corrected chi connectivity index (χ1v) is 9.99. The molecule has 7 nitrogen and oxygen atoms in total. The number of rotatable bonds is 8. The second kappa shape index (κ2) is 12.7. The molecule has 0 radical (unpaired) electrons. The number of nitrogens with zero attached hydrogens (tertiary/aromatic N) is 2. The first-order chi connectivity index (χ1) is 15.7. The minimum atomic E-state index is -5.08. The van der Waals surface area contributed by atoms with E-state index >= 15 is 0 Å². The normalized spacial score (nSPS) is 11.8. The number of carbonyl (C=O) groups is 1. The number of carboxylic acids is 1. The monoisotopic (exact) mass is 483 g/mol. The van der Waals surface area contributed by atoms with E-state index in [0.717, 1.165) is 11.1 Å². The number of halogens is 4. The second-order valence-electron chi connectivity index (χ2n) is 6.59. The number of alkyl halides is 3. The first kappa shape index (κ1) is 26.0. The Balaban J connectivity index is 0.000000479. The molecular formula is C22H21ClF3N3O4. The molecule has 0 amide bonds. The summed E-state index contributed by atoms with van der Waals surface area (Å²) in [6.45, 7) is 0.796. The molecule has 0 fully saturated rings. The summed E-state index contributed by atoms with van der Waals surface area (Å²) in [6, 6.07) is 15.5. The third-order valence-corrected chi connectivity index (χ3v) is 4.42. The van der Waals surface area contributed by atoms with Crippen molar-refractivity contribution < 1.29 is 32.9 Å². The van der Waals surface area contributed by atoms with E-state index in [1.807, 2.05) is 48.5 Å². The Morgan fingerprint density at radius 1 is 1.09 bits per heavy atom. The van der Waals surface area contributed by atoms with E-state index in [1.54, 1.807) is 18.6 Å². The molecule has 0 spiro atoms. The molecule has 1 heterocycles. The largest absolute Gasteiger partial charge is 0.490 e. The summed E-state index contributed by atoms with van der Waals surface area (Å²) in [4.78, 5) is 17.0. The number of nitrogens with one attached hydrogen (secondary N) is 1. The number of aliphatic carboxylic acids is 1. The second-order valence-corrected chi connectivity index (χ2v) is 7.03. The maximum Gasteiger partial charge on any atom is 0.490 e. The van der Waals surface area contributed by atoms with Gasteiger partial charge in [0.25, 0.3) is 0 Å². The topological polar surface area (TPSA) is 105 Å². The molecule has 0 saturated heterocycles. The fraction of sp³-hybridized carbons (Fsp3) is 0.227. The molecule has 1 atom stereocenters. The summed E-state index contributed by atoms with van der Waals surface area (Å²) in [5.74, 6) is -1.59. The van der Waals surface area contributed by atoms with E-state index in [0.29, 0.717) is 29.6 Å². The minimum Gasteiger partial charge on any atom is -0.475 e. The molecule has 0 bridgehead atoms. The summed E-state index contributed by atoms with van der Waals surface area (Å²) in [5, 5.41) is 20.6. The predicted molar refractivity (Wildman–Crippen MR) is 115 cm³/mol. The van der Waals surface area contributed by atoms with E-state index < -0.39 is 12.1 Å². The van der Waals surface area contributed by atoms with E-state index in [4.69, 9.17) is 26.2 Å². The van der Waals surface area contributed by atoms with Crippen molar-refractivity contribution in [3.05, 3.63) is 83.3 Å². The quantitative estimate of drug-likeness (QED) is 0.424. The van der Waals surface area contributed by atoms with Gasteiger partial charge in [-0.3, -0.25) is 4.98 Å². The Bertz CT molecular complexity index is 989. The van der Waals surface area contributed by atoms with Crippen molar-refractivity contribution in [2.24, 2.45) is 0 Å². The lowest BCUT2D eigenvalue weighted by Crippen LogP contribution is -2.22. The van der Waals surface area contributed by atoms with Crippen molar-refractivity contribution >= 4 is 17.6 Å². The van der Waals surface area contributed by atoms with Crippen molar-refractivity contribution in [2.75, 3.05) is 6.61 Å². The van der Waals surface area contributed by atoms with Crippen molar-refractivity contribution in [1.82, 2.24) is 15.3 Å². The number of hydrogen-bond donors (Lipinski definition) is 3. The highest BCUT2D eigenvalue weighted by Crippen LogP contribution is 2.21. The van der Waals surface area contributed by atoms with Crippen LogP contribution in [0.2, 0.25) is 5.02 Å². The van der Waals surface area contributed by atoms with Gasteiger partial charge in [-0.2, -0.15) is 13.2 Å². The Hall–Kier alpha value is -3.21. The number of carboxylic acid groups (broad SMARTS) is 1. The minimum absolute atomic E-state index is 0.0628. The molecule has 0 aliphatic rings. The van der Waals surface area contributed by atoms with E-state index in [2.05, 4.69) is 15.3 Å². The summed E-state index contributed by atoms with van der Waals surface area (Å²) in [7, 11) is 0. The van der Waals surface area contributed by atoms with Gasteiger partial charge >= 0.3 is 12.1 Å². The Kier molecular flexibility index (Phi) is 10.0. The third kappa shape index (κ3) is 9.44. The SMILES string of the molecule is O=C(O)C(F)(F)F.OCCC(NCc1ccc(Oc2cnccn2)cc1)c1ccc(Cl)cc1. The molecular weight excluding hydrogens is 463 g/mol. The van der Waals surface area contributed by atoms with Gasteiger partial charge in [0.15, 0.2) is 0 Å². The third-order valence-electron chi connectivity index (χ3n) is 4.17. The number of hydrogen-bond acceptors (Lipinski definition) is 6. The van der Waals surface area contributed by atoms with Gasteiger partial charge in [0.05, 0.1) is 6.20 Å². The average molecular weight is 484 g/mol. The van der Waals surface area contributed by atoms with Crippen LogP contribution in [0.4, 0.5) is 13.2 Å². The molecule has 0 aliphatic carbocycles. The molecule has 3 N–H and O–H groups in total. The van der Waals surface area contributed by atoms with Crippen LogP contribution in [0.3, 0.4) is 0 Å². The van der Waals surface area contributed by atoms with Crippen LogP contribution in [0.1, 0.15) is 23.6 Å². The highest BCUT2D eigenvalue weighted by atomic mass is 35.5. The van der Waals surface area contributed by atoms with Crippen LogP contribution >= 0.6 is 11.6 Å². The lowest BCUT2D eigenvalue weighted by atomic mass is 10.0. The summed E-state index contributed by atoms with van der Waals surface area (Å²) in [5.41, 5.74) is 2.22. The van der Waals surface area contributed by atoms with Crippen molar-refractivity contribution in [3.8, 4) is 11.6 Å². The number of aromatic nitrogens is 2. The zero-order chi connectivity index (χ0) is 24.3. The zero-order valence-corrected chi connectivity index (χ0v) is 17.9. The van der Waals surface area contributed by atoms with Crippen molar-refractivity contribution in [1.29, 1.82) is 0 Å². The van der Waals surface area contributed by atoms with E-state index in [-0.39, 0.29) is 12.6 Å². The molecule has 2 aromatic carbocycles. The molecule has 3 aromatic rings. The standard InChI is InChI=1S/C20H20ClN3O2.C2HF3O2/c21-17-5-3-16(4-6-17)19(9-12-25)24-13-15-1-7-18(8-2-15)26-20-14-22-10-11-23-20;3-2(4,5)1(6)7/h1-8,10-11,14,19,24-25H,9,12-13H2;(H,6,7). The lowest BCUT2D eigenvalue weighted by Gasteiger charge is -2.18. The highest BCUT2D eigenvalue weighted by Gasteiger charge is 2.38. The summed E-state index contributed by atoms with van der Waals surface area (Å²) < 4.78 is 37.4. The zero-order valence-electron chi connectivity index (χ0n) is 17.2. The maximum atomic E-state index is 10.6. The van der Waals surface area contributed by atoms with Gasteiger partial charge < -0.3 is 20.3 Å². The molecule has 0 aliphatic heterocycles. The van der Waals surface area contributed by atoms with Crippen molar-refractivity contribution in [3.63, 3.8) is 0 Å².